The Balaban J connectivity index is 1.88. The fourth-order valence-corrected chi connectivity index (χ4v) is 2.68. The first kappa shape index (κ1) is 13.4. The van der Waals surface area contributed by atoms with Gasteiger partial charge in [-0.1, -0.05) is 0 Å². The van der Waals surface area contributed by atoms with E-state index < -0.39 is 11.9 Å². The summed E-state index contributed by atoms with van der Waals surface area (Å²) in [5.41, 5.74) is 0.486. The third-order valence-electron chi connectivity index (χ3n) is 3.81. The average molecular weight is 288 g/mol. The van der Waals surface area contributed by atoms with E-state index in [1.807, 2.05) is 29.1 Å². The summed E-state index contributed by atoms with van der Waals surface area (Å²) in [4.78, 5) is 25.2. The Hall–Kier alpha value is -2.57. The molecule has 2 aromatic heterocycles. The molecule has 3 heterocycles. The van der Waals surface area contributed by atoms with E-state index in [2.05, 4.69) is 5.10 Å². The fourth-order valence-electron chi connectivity index (χ4n) is 2.68. The minimum absolute atomic E-state index is 0.171. The molecule has 1 aliphatic rings. The van der Waals surface area contributed by atoms with Crippen molar-refractivity contribution in [2.45, 2.75) is 6.42 Å². The van der Waals surface area contributed by atoms with Gasteiger partial charge in [-0.3, -0.25) is 14.3 Å². The maximum Gasteiger partial charge on any atom is 0.308 e. The van der Waals surface area contributed by atoms with Crippen LogP contribution in [0.15, 0.2) is 30.7 Å². The summed E-state index contributed by atoms with van der Waals surface area (Å²) in [6.07, 6.45) is 5.72. The molecule has 7 heteroatoms. The van der Waals surface area contributed by atoms with Crippen LogP contribution in [0.4, 0.5) is 0 Å². The Morgan fingerprint density at radius 3 is 2.67 bits per heavy atom. The second kappa shape index (κ2) is 5.08. The average Bonchev–Trinajstić information content (AvgIpc) is 3.17. The van der Waals surface area contributed by atoms with Crippen LogP contribution in [-0.4, -0.2) is 49.3 Å². The Labute approximate surface area is 121 Å². The van der Waals surface area contributed by atoms with Gasteiger partial charge in [0.05, 0.1) is 12.1 Å². The number of hydrogen-bond donors (Lipinski definition) is 1. The first-order chi connectivity index (χ1) is 10.1. The first-order valence-corrected chi connectivity index (χ1v) is 6.75. The van der Waals surface area contributed by atoms with Crippen molar-refractivity contribution in [3.05, 3.63) is 36.3 Å². The van der Waals surface area contributed by atoms with Crippen molar-refractivity contribution in [1.29, 1.82) is 0 Å². The molecule has 110 valence electrons. The van der Waals surface area contributed by atoms with Gasteiger partial charge >= 0.3 is 5.97 Å². The van der Waals surface area contributed by atoms with Crippen LogP contribution < -0.4 is 0 Å². The molecule has 0 saturated carbocycles. The number of likely N-dealkylation sites (tertiary alicyclic amines) is 1. The number of carboxylic acids is 1. The molecule has 0 bridgehead atoms. The number of carbonyl (C=O) groups excluding carboxylic acids is 1. The Morgan fingerprint density at radius 1 is 1.33 bits per heavy atom. The van der Waals surface area contributed by atoms with E-state index in [-0.39, 0.29) is 12.5 Å². The highest BCUT2D eigenvalue weighted by molar-refractivity contribution is 5.97. The van der Waals surface area contributed by atoms with Gasteiger partial charge in [-0.05, 0) is 18.6 Å². The molecule has 0 spiro atoms. The Morgan fingerprint density at radius 2 is 2.05 bits per heavy atom. The van der Waals surface area contributed by atoms with Crippen molar-refractivity contribution in [1.82, 2.24) is 19.2 Å². The lowest BCUT2D eigenvalue weighted by molar-refractivity contribution is -0.141. The quantitative estimate of drug-likeness (QED) is 0.904. The lowest BCUT2D eigenvalue weighted by Gasteiger charge is -2.16. The number of amides is 1. The molecule has 0 aliphatic carbocycles. The van der Waals surface area contributed by atoms with Gasteiger partial charge < -0.3 is 14.6 Å². The van der Waals surface area contributed by atoms with Crippen LogP contribution in [0.3, 0.4) is 0 Å². The van der Waals surface area contributed by atoms with Gasteiger partial charge in [0.1, 0.15) is 11.4 Å². The zero-order valence-corrected chi connectivity index (χ0v) is 11.6. The number of rotatable bonds is 3. The predicted molar refractivity (Wildman–Crippen MR) is 74.2 cm³/mol. The van der Waals surface area contributed by atoms with Gasteiger partial charge in [-0.2, -0.15) is 5.10 Å². The maximum atomic E-state index is 12.6. The maximum absolute atomic E-state index is 12.6. The Bertz CT molecular complexity index is 674. The molecule has 0 radical (unpaired) electrons. The number of carbonyl (C=O) groups is 2. The summed E-state index contributed by atoms with van der Waals surface area (Å²) >= 11 is 0. The summed E-state index contributed by atoms with van der Waals surface area (Å²) in [6.45, 7) is 0.726. The standard InChI is InChI=1S/C14H16N4O3/c1-16-12(17-5-2-3-6-17)11(8-15-16)13(19)18-7-4-10(9-18)14(20)21/h2-3,5-6,8,10H,4,7,9H2,1H3,(H,20,21)/t10-/m1/s1. The van der Waals surface area contributed by atoms with E-state index in [0.717, 1.165) is 0 Å². The highest BCUT2D eigenvalue weighted by Crippen LogP contribution is 2.22. The zero-order valence-electron chi connectivity index (χ0n) is 11.6. The van der Waals surface area contributed by atoms with Crippen LogP contribution in [0.1, 0.15) is 16.8 Å². The third kappa shape index (κ3) is 2.31. The highest BCUT2D eigenvalue weighted by atomic mass is 16.4. The van der Waals surface area contributed by atoms with E-state index in [0.29, 0.717) is 24.3 Å². The molecule has 1 N–H and O–H groups in total. The largest absolute Gasteiger partial charge is 0.481 e. The van der Waals surface area contributed by atoms with Crippen molar-refractivity contribution in [3.63, 3.8) is 0 Å². The molecule has 1 saturated heterocycles. The van der Waals surface area contributed by atoms with Gasteiger partial charge in [0.15, 0.2) is 0 Å². The first-order valence-electron chi connectivity index (χ1n) is 6.75. The third-order valence-corrected chi connectivity index (χ3v) is 3.81. The second-order valence-corrected chi connectivity index (χ2v) is 5.17. The molecule has 1 fully saturated rings. The topological polar surface area (TPSA) is 80.4 Å². The molecule has 0 unspecified atom stereocenters. The van der Waals surface area contributed by atoms with Crippen LogP contribution in [-0.2, 0) is 11.8 Å². The minimum atomic E-state index is -0.845. The number of nitrogens with zero attached hydrogens (tertiary/aromatic N) is 4. The molecular formula is C14H16N4O3. The van der Waals surface area contributed by atoms with E-state index in [1.54, 1.807) is 16.6 Å². The van der Waals surface area contributed by atoms with Crippen LogP contribution in [0, 0.1) is 5.92 Å². The predicted octanol–water partition coefficient (Wildman–Crippen LogP) is 0.757. The lowest BCUT2D eigenvalue weighted by Crippen LogP contribution is -2.30. The van der Waals surface area contributed by atoms with Gasteiger partial charge in [0, 0.05) is 32.5 Å². The van der Waals surface area contributed by atoms with Crippen molar-refractivity contribution >= 4 is 11.9 Å². The molecule has 1 amide bonds. The molecule has 3 rings (SSSR count). The van der Waals surface area contributed by atoms with E-state index in [4.69, 9.17) is 5.11 Å². The molecule has 1 atom stereocenters. The van der Waals surface area contributed by atoms with Crippen molar-refractivity contribution in [2.75, 3.05) is 13.1 Å². The minimum Gasteiger partial charge on any atom is -0.481 e. The number of aryl methyl sites for hydroxylation is 1. The van der Waals surface area contributed by atoms with E-state index >= 15 is 0 Å². The van der Waals surface area contributed by atoms with Gasteiger partial charge in [-0.25, -0.2) is 0 Å². The van der Waals surface area contributed by atoms with Gasteiger partial charge in [0.25, 0.3) is 5.91 Å². The molecule has 7 nitrogen and oxygen atoms in total. The van der Waals surface area contributed by atoms with Gasteiger partial charge in [-0.15, -0.1) is 0 Å². The van der Waals surface area contributed by atoms with Crippen LogP contribution in [0.2, 0.25) is 0 Å². The van der Waals surface area contributed by atoms with Crippen LogP contribution in [0.25, 0.3) is 5.82 Å². The van der Waals surface area contributed by atoms with Crippen molar-refractivity contribution in [2.24, 2.45) is 13.0 Å². The summed E-state index contributed by atoms with van der Waals surface area (Å²) in [7, 11) is 1.77. The van der Waals surface area contributed by atoms with Crippen molar-refractivity contribution < 1.29 is 14.7 Å². The SMILES string of the molecule is Cn1ncc(C(=O)N2CC[C@@H](C(=O)O)C2)c1-n1cccc1. The monoisotopic (exact) mass is 288 g/mol. The molecule has 1 aliphatic heterocycles. The summed E-state index contributed by atoms with van der Waals surface area (Å²) in [6, 6.07) is 3.75. The summed E-state index contributed by atoms with van der Waals surface area (Å²) < 4.78 is 3.46. The van der Waals surface area contributed by atoms with Crippen molar-refractivity contribution in [3.8, 4) is 5.82 Å². The molecular weight excluding hydrogens is 272 g/mol. The summed E-state index contributed by atoms with van der Waals surface area (Å²) in [5.74, 6) is -0.804. The summed E-state index contributed by atoms with van der Waals surface area (Å²) in [5, 5.41) is 13.2. The number of hydrogen-bond acceptors (Lipinski definition) is 3. The Kier molecular flexibility index (Phi) is 3.25. The smallest absolute Gasteiger partial charge is 0.308 e. The molecule has 21 heavy (non-hydrogen) atoms. The van der Waals surface area contributed by atoms with Gasteiger partial charge in [0.2, 0.25) is 0 Å². The van der Waals surface area contributed by atoms with E-state index in [1.165, 1.54) is 6.20 Å². The second-order valence-electron chi connectivity index (χ2n) is 5.17. The normalized spacial score (nSPS) is 18.1. The molecule has 0 aromatic carbocycles. The molecule has 2 aromatic rings. The number of aliphatic carboxylic acids is 1. The fraction of sp³-hybridized carbons (Fsp3) is 0.357. The lowest BCUT2D eigenvalue weighted by atomic mass is 10.1. The van der Waals surface area contributed by atoms with Crippen LogP contribution in [0.5, 0.6) is 0 Å². The van der Waals surface area contributed by atoms with Crippen LogP contribution >= 0.6 is 0 Å². The van der Waals surface area contributed by atoms with E-state index in [9.17, 15) is 9.59 Å². The number of carboxylic acid groups (broad SMARTS) is 1. The number of aromatic nitrogens is 3. The zero-order chi connectivity index (χ0) is 15.0. The highest BCUT2D eigenvalue weighted by Gasteiger charge is 2.33.